The van der Waals surface area contributed by atoms with Crippen molar-refractivity contribution in [3.8, 4) is 0 Å². The fourth-order valence-electron chi connectivity index (χ4n) is 1.69. The third-order valence-electron chi connectivity index (χ3n) is 2.70. The van der Waals surface area contributed by atoms with Crippen molar-refractivity contribution in [2.24, 2.45) is 4.99 Å². The Bertz CT molecular complexity index is 377. The van der Waals surface area contributed by atoms with E-state index in [-0.39, 0.29) is 6.04 Å². The zero-order chi connectivity index (χ0) is 13.2. The van der Waals surface area contributed by atoms with E-state index in [0.717, 1.165) is 19.3 Å². The molecule has 0 saturated heterocycles. The second-order valence-electron chi connectivity index (χ2n) is 4.03. The number of nitrogens with one attached hydrogen (secondary N) is 1. The maximum absolute atomic E-state index is 11.2. The number of ether oxygens (including phenoxy) is 1. The van der Waals surface area contributed by atoms with Crippen LogP contribution in [0, 0.1) is 0 Å². The molecule has 0 radical (unpaired) electrons. The molecule has 98 valence electrons. The first kappa shape index (κ1) is 14.2. The summed E-state index contributed by atoms with van der Waals surface area (Å²) >= 11 is 0. The Balaban J connectivity index is 2.47. The van der Waals surface area contributed by atoms with Gasteiger partial charge < -0.3 is 15.0 Å². The first-order chi connectivity index (χ1) is 8.76. The highest BCUT2D eigenvalue weighted by atomic mass is 16.5. The average Bonchev–Trinajstić information content (AvgIpc) is 2.42. The van der Waals surface area contributed by atoms with Gasteiger partial charge in [-0.3, -0.25) is 0 Å². The van der Waals surface area contributed by atoms with Crippen LogP contribution >= 0.6 is 0 Å². The fourth-order valence-corrected chi connectivity index (χ4v) is 1.69. The quantitative estimate of drug-likeness (QED) is 0.786. The fraction of sp³-hybridized carbons (Fsp3) is 0.429. The lowest BCUT2D eigenvalue weighted by atomic mass is 10.0. The molecule has 1 rings (SSSR count). The SMILES string of the molecule is CN=CCC(CCc1ccccc1)NC(=O)OC. The first-order valence-electron chi connectivity index (χ1n) is 6.05. The van der Waals surface area contributed by atoms with Crippen LogP contribution in [0.5, 0.6) is 0 Å². The molecule has 1 aromatic carbocycles. The van der Waals surface area contributed by atoms with Crippen molar-refractivity contribution in [2.75, 3.05) is 14.2 Å². The van der Waals surface area contributed by atoms with E-state index in [9.17, 15) is 4.79 Å². The van der Waals surface area contributed by atoms with Gasteiger partial charge in [0, 0.05) is 25.7 Å². The van der Waals surface area contributed by atoms with Crippen LogP contribution in [0.25, 0.3) is 0 Å². The zero-order valence-electron chi connectivity index (χ0n) is 10.9. The predicted octanol–water partition coefficient (Wildman–Crippen LogP) is 2.43. The van der Waals surface area contributed by atoms with Crippen LogP contribution in [0.2, 0.25) is 0 Å². The van der Waals surface area contributed by atoms with E-state index in [2.05, 4.69) is 27.2 Å². The molecule has 1 aromatic rings. The molecule has 0 aliphatic rings. The molecule has 0 aliphatic carbocycles. The van der Waals surface area contributed by atoms with Gasteiger partial charge in [-0.15, -0.1) is 0 Å². The van der Waals surface area contributed by atoms with Crippen molar-refractivity contribution in [2.45, 2.75) is 25.3 Å². The van der Waals surface area contributed by atoms with Gasteiger partial charge in [-0.25, -0.2) is 4.79 Å². The highest BCUT2D eigenvalue weighted by molar-refractivity contribution is 5.68. The van der Waals surface area contributed by atoms with E-state index in [1.54, 1.807) is 7.05 Å². The molecule has 0 aliphatic heterocycles. The minimum absolute atomic E-state index is 0.0568. The number of hydrogen-bond donors (Lipinski definition) is 1. The predicted molar refractivity (Wildman–Crippen MR) is 73.1 cm³/mol. The Morgan fingerprint density at radius 2 is 2.17 bits per heavy atom. The van der Waals surface area contributed by atoms with Crippen molar-refractivity contribution in [1.82, 2.24) is 5.32 Å². The van der Waals surface area contributed by atoms with Crippen LogP contribution in [0.1, 0.15) is 18.4 Å². The van der Waals surface area contributed by atoms with E-state index < -0.39 is 6.09 Å². The smallest absolute Gasteiger partial charge is 0.407 e. The summed E-state index contributed by atoms with van der Waals surface area (Å²) in [5, 5.41) is 2.82. The monoisotopic (exact) mass is 248 g/mol. The summed E-state index contributed by atoms with van der Waals surface area (Å²) in [6.45, 7) is 0. The van der Waals surface area contributed by atoms with Crippen molar-refractivity contribution in [3.05, 3.63) is 35.9 Å². The van der Waals surface area contributed by atoms with Crippen molar-refractivity contribution in [3.63, 3.8) is 0 Å². The highest BCUT2D eigenvalue weighted by Crippen LogP contribution is 2.07. The normalized spacial score (nSPS) is 12.3. The zero-order valence-corrected chi connectivity index (χ0v) is 10.9. The maximum atomic E-state index is 11.2. The summed E-state index contributed by atoms with van der Waals surface area (Å²) in [6.07, 6.45) is 3.93. The number of benzene rings is 1. The van der Waals surface area contributed by atoms with E-state index >= 15 is 0 Å². The molecular formula is C14H20N2O2. The van der Waals surface area contributed by atoms with Crippen LogP contribution in [0.4, 0.5) is 4.79 Å². The lowest BCUT2D eigenvalue weighted by molar-refractivity contribution is 0.166. The summed E-state index contributed by atoms with van der Waals surface area (Å²) in [5.41, 5.74) is 1.27. The van der Waals surface area contributed by atoms with E-state index in [0.29, 0.717) is 0 Å². The van der Waals surface area contributed by atoms with Gasteiger partial charge in [0.15, 0.2) is 0 Å². The number of aliphatic imine (C=N–C) groups is 1. The number of amides is 1. The number of alkyl carbamates (subject to hydrolysis) is 1. The Morgan fingerprint density at radius 3 is 2.78 bits per heavy atom. The van der Waals surface area contributed by atoms with Gasteiger partial charge >= 0.3 is 6.09 Å². The summed E-state index contributed by atoms with van der Waals surface area (Å²) in [6, 6.07) is 10.3. The van der Waals surface area contributed by atoms with E-state index in [1.165, 1.54) is 12.7 Å². The van der Waals surface area contributed by atoms with Crippen molar-refractivity contribution >= 4 is 12.3 Å². The molecule has 18 heavy (non-hydrogen) atoms. The van der Waals surface area contributed by atoms with E-state index in [1.807, 2.05) is 24.4 Å². The Kier molecular flexibility index (Phi) is 6.54. The summed E-state index contributed by atoms with van der Waals surface area (Å²) in [7, 11) is 3.10. The van der Waals surface area contributed by atoms with Crippen LogP contribution in [-0.4, -0.2) is 32.5 Å². The Labute approximate surface area is 108 Å². The minimum atomic E-state index is -0.391. The molecule has 0 fully saturated rings. The average molecular weight is 248 g/mol. The largest absolute Gasteiger partial charge is 0.453 e. The molecule has 1 N–H and O–H groups in total. The number of methoxy groups -OCH3 is 1. The number of carbonyl (C=O) groups is 1. The van der Waals surface area contributed by atoms with Gasteiger partial charge in [0.25, 0.3) is 0 Å². The highest BCUT2D eigenvalue weighted by Gasteiger charge is 2.11. The lowest BCUT2D eigenvalue weighted by Gasteiger charge is -2.16. The summed E-state index contributed by atoms with van der Waals surface area (Å²) in [4.78, 5) is 15.2. The van der Waals surface area contributed by atoms with Gasteiger partial charge in [-0.05, 0) is 18.4 Å². The number of hydrogen-bond acceptors (Lipinski definition) is 3. The molecule has 0 spiro atoms. The minimum Gasteiger partial charge on any atom is -0.453 e. The van der Waals surface area contributed by atoms with Crippen LogP contribution in [0.15, 0.2) is 35.3 Å². The number of aryl methyl sites for hydroxylation is 1. The third kappa shape index (κ3) is 5.48. The second-order valence-corrected chi connectivity index (χ2v) is 4.03. The molecule has 0 saturated carbocycles. The van der Waals surface area contributed by atoms with Crippen LogP contribution in [-0.2, 0) is 11.2 Å². The van der Waals surface area contributed by atoms with E-state index in [4.69, 9.17) is 0 Å². The molecule has 4 nitrogen and oxygen atoms in total. The maximum Gasteiger partial charge on any atom is 0.407 e. The van der Waals surface area contributed by atoms with Gasteiger partial charge in [0.1, 0.15) is 0 Å². The lowest BCUT2D eigenvalue weighted by Crippen LogP contribution is -2.35. The summed E-state index contributed by atoms with van der Waals surface area (Å²) in [5.74, 6) is 0. The van der Waals surface area contributed by atoms with Gasteiger partial charge in [0.2, 0.25) is 0 Å². The number of rotatable bonds is 6. The third-order valence-corrected chi connectivity index (χ3v) is 2.70. The van der Waals surface area contributed by atoms with Gasteiger partial charge in [-0.2, -0.15) is 0 Å². The molecular weight excluding hydrogens is 228 g/mol. The molecule has 1 atom stereocenters. The Morgan fingerprint density at radius 1 is 1.44 bits per heavy atom. The number of carbonyl (C=O) groups excluding carboxylic acids is 1. The molecule has 4 heteroatoms. The van der Waals surface area contributed by atoms with Crippen molar-refractivity contribution in [1.29, 1.82) is 0 Å². The van der Waals surface area contributed by atoms with Gasteiger partial charge in [0.05, 0.1) is 7.11 Å². The molecule has 1 unspecified atom stereocenters. The molecule has 0 bridgehead atoms. The standard InChI is InChI=1S/C14H20N2O2/c1-15-11-10-13(16-14(17)18-2)9-8-12-6-4-3-5-7-12/h3-7,11,13H,8-10H2,1-2H3,(H,16,17). The van der Waals surface area contributed by atoms with Crippen LogP contribution < -0.4 is 5.32 Å². The topological polar surface area (TPSA) is 50.7 Å². The molecule has 1 amide bonds. The summed E-state index contributed by atoms with van der Waals surface area (Å²) < 4.78 is 4.62. The molecule has 0 heterocycles. The molecule has 0 aromatic heterocycles. The first-order valence-corrected chi connectivity index (χ1v) is 6.05. The second kappa shape index (κ2) is 8.28. The Hall–Kier alpha value is -1.84. The van der Waals surface area contributed by atoms with Gasteiger partial charge in [-0.1, -0.05) is 30.3 Å². The number of nitrogens with zero attached hydrogens (tertiary/aromatic N) is 1. The van der Waals surface area contributed by atoms with Crippen molar-refractivity contribution < 1.29 is 9.53 Å². The van der Waals surface area contributed by atoms with Crippen LogP contribution in [0.3, 0.4) is 0 Å².